The average molecular weight is 204 g/mol. The lowest BCUT2D eigenvalue weighted by Crippen LogP contribution is -2.45. The molecule has 0 radical (unpaired) electrons. The van der Waals surface area contributed by atoms with Crippen LogP contribution >= 0.6 is 12.4 Å². The Morgan fingerprint density at radius 3 is 2.00 bits per heavy atom. The van der Waals surface area contributed by atoms with Crippen molar-refractivity contribution in [1.29, 1.82) is 0 Å². The lowest BCUT2D eigenvalue weighted by molar-refractivity contribution is 0.0960. The first-order chi connectivity index (χ1) is 5.83. The minimum absolute atomic E-state index is 0. The molecule has 1 atom stereocenters. The van der Waals surface area contributed by atoms with Gasteiger partial charge in [-0.3, -0.25) is 0 Å². The van der Waals surface area contributed by atoms with Crippen LogP contribution in [0.4, 0.5) is 0 Å². The van der Waals surface area contributed by atoms with Crippen LogP contribution in [0.25, 0.3) is 0 Å². The van der Waals surface area contributed by atoms with E-state index in [1.165, 1.54) is 57.8 Å². The van der Waals surface area contributed by atoms with Crippen LogP contribution in [0.1, 0.15) is 57.8 Å². The third kappa shape index (κ3) is 2.19. The van der Waals surface area contributed by atoms with Gasteiger partial charge in [-0.1, -0.05) is 32.1 Å². The Labute approximate surface area is 87.9 Å². The van der Waals surface area contributed by atoms with Crippen LogP contribution in [0.3, 0.4) is 0 Å². The molecule has 0 aromatic carbocycles. The molecule has 0 aliphatic heterocycles. The quantitative estimate of drug-likeness (QED) is 0.643. The van der Waals surface area contributed by atoms with Crippen molar-refractivity contribution >= 4 is 12.4 Å². The van der Waals surface area contributed by atoms with Gasteiger partial charge in [0.05, 0.1) is 0 Å². The zero-order valence-electron chi connectivity index (χ0n) is 8.43. The molecule has 2 N–H and O–H groups in total. The van der Waals surface area contributed by atoms with Crippen LogP contribution in [-0.4, -0.2) is 6.04 Å². The Morgan fingerprint density at radius 2 is 1.38 bits per heavy atom. The lowest BCUT2D eigenvalue weighted by Gasteiger charge is -2.45. The van der Waals surface area contributed by atoms with Crippen LogP contribution in [0.2, 0.25) is 0 Å². The topological polar surface area (TPSA) is 26.0 Å². The van der Waals surface area contributed by atoms with Crippen LogP contribution < -0.4 is 5.73 Å². The van der Waals surface area contributed by atoms with Gasteiger partial charge in [0.1, 0.15) is 0 Å². The molecule has 0 aromatic heterocycles. The zero-order chi connectivity index (χ0) is 8.44. The van der Waals surface area contributed by atoms with Gasteiger partial charge in [-0.15, -0.1) is 12.4 Å². The number of hydrogen-bond acceptors (Lipinski definition) is 1. The first-order valence-corrected chi connectivity index (χ1v) is 5.59. The molecule has 1 unspecified atom stereocenters. The summed E-state index contributed by atoms with van der Waals surface area (Å²) in [6.07, 6.45) is 12.7. The van der Waals surface area contributed by atoms with E-state index >= 15 is 0 Å². The predicted octanol–water partition coefficient (Wildman–Crippen LogP) is 3.26. The van der Waals surface area contributed by atoms with Crippen molar-refractivity contribution in [2.45, 2.75) is 63.8 Å². The van der Waals surface area contributed by atoms with Gasteiger partial charge in [-0.05, 0) is 31.1 Å². The molecule has 2 aliphatic carbocycles. The van der Waals surface area contributed by atoms with Crippen molar-refractivity contribution in [2.24, 2.45) is 11.1 Å². The first kappa shape index (κ1) is 11.3. The van der Waals surface area contributed by atoms with E-state index in [0.717, 1.165) is 0 Å². The monoisotopic (exact) mass is 203 g/mol. The smallest absolute Gasteiger partial charge is 0.00955 e. The summed E-state index contributed by atoms with van der Waals surface area (Å²) in [4.78, 5) is 0. The van der Waals surface area contributed by atoms with Crippen LogP contribution in [-0.2, 0) is 0 Å². The van der Waals surface area contributed by atoms with Gasteiger partial charge in [0.15, 0.2) is 0 Å². The van der Waals surface area contributed by atoms with E-state index in [4.69, 9.17) is 5.73 Å². The molecule has 0 heterocycles. The number of nitrogens with two attached hydrogens (primary N) is 1. The molecular formula is C11H22ClN. The Bertz CT molecular complexity index is 144. The maximum absolute atomic E-state index is 6.24. The summed E-state index contributed by atoms with van der Waals surface area (Å²) in [6.45, 7) is 0. The molecule has 1 spiro atoms. The third-order valence-electron chi connectivity index (χ3n) is 4.08. The molecule has 1 nitrogen and oxygen atoms in total. The third-order valence-corrected chi connectivity index (χ3v) is 4.08. The molecule has 2 aliphatic rings. The summed E-state index contributed by atoms with van der Waals surface area (Å²) in [5.74, 6) is 0. The molecule has 13 heavy (non-hydrogen) atoms. The van der Waals surface area contributed by atoms with Crippen LogP contribution in [0.15, 0.2) is 0 Å². The van der Waals surface area contributed by atoms with Gasteiger partial charge in [-0.2, -0.15) is 0 Å². The van der Waals surface area contributed by atoms with Crippen molar-refractivity contribution in [3.8, 4) is 0 Å². The molecule has 0 bridgehead atoms. The largest absolute Gasteiger partial charge is 0.327 e. The van der Waals surface area contributed by atoms with Gasteiger partial charge in [0.25, 0.3) is 0 Å². The fourth-order valence-corrected chi connectivity index (χ4v) is 3.21. The molecule has 2 rings (SSSR count). The number of hydrogen-bond donors (Lipinski definition) is 1. The second-order valence-electron chi connectivity index (χ2n) is 4.78. The Balaban J connectivity index is 0.000000845. The van der Waals surface area contributed by atoms with Crippen LogP contribution in [0.5, 0.6) is 0 Å². The second-order valence-corrected chi connectivity index (χ2v) is 4.78. The standard InChI is InChI=1S/C11H21N.ClH/c12-10-6-2-5-9-11(10)7-3-1-4-8-11;/h10H,1-9,12H2;1H. The molecule has 2 heteroatoms. The molecule has 0 saturated heterocycles. The van der Waals surface area contributed by atoms with Crippen molar-refractivity contribution in [3.05, 3.63) is 0 Å². The fourth-order valence-electron chi connectivity index (χ4n) is 3.21. The first-order valence-electron chi connectivity index (χ1n) is 5.59. The Hall–Kier alpha value is 0.250. The Kier molecular flexibility index (Phi) is 4.06. The van der Waals surface area contributed by atoms with Gasteiger partial charge in [-0.25, -0.2) is 0 Å². The SMILES string of the molecule is Cl.NC1CCCCC12CCCCC2. The van der Waals surface area contributed by atoms with E-state index in [2.05, 4.69) is 0 Å². The summed E-state index contributed by atoms with van der Waals surface area (Å²) in [5, 5.41) is 0. The summed E-state index contributed by atoms with van der Waals surface area (Å²) in [7, 11) is 0. The van der Waals surface area contributed by atoms with Gasteiger partial charge in [0.2, 0.25) is 0 Å². The minimum Gasteiger partial charge on any atom is -0.327 e. The summed E-state index contributed by atoms with van der Waals surface area (Å²) >= 11 is 0. The summed E-state index contributed by atoms with van der Waals surface area (Å²) < 4.78 is 0. The second kappa shape index (κ2) is 4.65. The van der Waals surface area contributed by atoms with Crippen molar-refractivity contribution in [1.82, 2.24) is 0 Å². The van der Waals surface area contributed by atoms with E-state index in [1.807, 2.05) is 0 Å². The van der Waals surface area contributed by atoms with E-state index in [0.29, 0.717) is 11.5 Å². The number of halogens is 1. The average Bonchev–Trinajstić information content (AvgIpc) is 2.12. The van der Waals surface area contributed by atoms with E-state index in [-0.39, 0.29) is 12.4 Å². The summed E-state index contributed by atoms with van der Waals surface area (Å²) in [6, 6.07) is 0.534. The molecule has 0 aromatic rings. The Morgan fingerprint density at radius 1 is 0.846 bits per heavy atom. The predicted molar refractivity (Wildman–Crippen MR) is 59.2 cm³/mol. The highest BCUT2D eigenvalue weighted by Gasteiger charge is 2.38. The van der Waals surface area contributed by atoms with E-state index in [9.17, 15) is 0 Å². The number of rotatable bonds is 0. The molecule has 2 saturated carbocycles. The molecule has 2 fully saturated rings. The maximum atomic E-state index is 6.24. The highest BCUT2D eigenvalue weighted by molar-refractivity contribution is 5.85. The normalized spacial score (nSPS) is 32.5. The molecule has 0 amide bonds. The fraction of sp³-hybridized carbons (Fsp3) is 1.00. The van der Waals surface area contributed by atoms with Gasteiger partial charge in [0, 0.05) is 6.04 Å². The van der Waals surface area contributed by atoms with E-state index < -0.39 is 0 Å². The highest BCUT2D eigenvalue weighted by Crippen LogP contribution is 2.46. The van der Waals surface area contributed by atoms with Crippen molar-refractivity contribution < 1.29 is 0 Å². The van der Waals surface area contributed by atoms with E-state index in [1.54, 1.807) is 0 Å². The maximum Gasteiger partial charge on any atom is 0.00955 e. The molecular weight excluding hydrogens is 182 g/mol. The van der Waals surface area contributed by atoms with Gasteiger partial charge < -0.3 is 5.73 Å². The molecule has 78 valence electrons. The lowest BCUT2D eigenvalue weighted by atomic mass is 9.63. The minimum atomic E-state index is 0. The van der Waals surface area contributed by atoms with Crippen molar-refractivity contribution in [3.63, 3.8) is 0 Å². The van der Waals surface area contributed by atoms with Crippen LogP contribution in [0, 0.1) is 5.41 Å². The van der Waals surface area contributed by atoms with Crippen molar-refractivity contribution in [2.75, 3.05) is 0 Å². The highest BCUT2D eigenvalue weighted by atomic mass is 35.5. The zero-order valence-corrected chi connectivity index (χ0v) is 9.24. The van der Waals surface area contributed by atoms with Gasteiger partial charge >= 0.3 is 0 Å². The summed E-state index contributed by atoms with van der Waals surface area (Å²) in [5.41, 5.74) is 6.84.